The Labute approximate surface area is 146 Å². The lowest BCUT2D eigenvalue weighted by Crippen LogP contribution is -2.27. The summed E-state index contributed by atoms with van der Waals surface area (Å²) in [4.78, 5) is 11.9. The minimum atomic E-state index is -2.47. The van der Waals surface area contributed by atoms with E-state index in [1.807, 2.05) is 12.1 Å². The summed E-state index contributed by atoms with van der Waals surface area (Å²) in [5.41, 5.74) is 1.57. The molecule has 0 radical (unpaired) electrons. The summed E-state index contributed by atoms with van der Waals surface area (Å²) < 4.78 is 30.4. The summed E-state index contributed by atoms with van der Waals surface area (Å²) in [6.07, 6.45) is -3.01. The van der Waals surface area contributed by atoms with E-state index in [0.717, 1.165) is 5.56 Å². The van der Waals surface area contributed by atoms with Crippen LogP contribution in [0.3, 0.4) is 0 Å². The van der Waals surface area contributed by atoms with Crippen molar-refractivity contribution in [2.24, 2.45) is 0 Å². The second-order valence-corrected chi connectivity index (χ2v) is 6.57. The quantitative estimate of drug-likeness (QED) is 0.741. The Balaban J connectivity index is 2.01. The van der Waals surface area contributed by atoms with Crippen LogP contribution in [0, 0.1) is 0 Å². The summed E-state index contributed by atoms with van der Waals surface area (Å²) in [5.74, 6) is 0. The van der Waals surface area contributed by atoms with Gasteiger partial charge in [0.25, 0.3) is 6.43 Å². The Hall–Kier alpha value is -2.63. The highest BCUT2D eigenvalue weighted by molar-refractivity contribution is 5.89. The average molecular weight is 348 g/mol. The first-order chi connectivity index (χ1) is 11.7. The molecular weight excluding hydrogens is 326 g/mol. The first-order valence-electron chi connectivity index (χ1n) is 7.94. The Morgan fingerprint density at radius 2 is 1.64 bits per heavy atom. The number of anilines is 2. The molecule has 0 aromatic heterocycles. The predicted octanol–water partition coefficient (Wildman–Crippen LogP) is 5.58. The summed E-state index contributed by atoms with van der Waals surface area (Å²) >= 11 is 0. The van der Waals surface area contributed by atoms with Crippen LogP contribution in [0.1, 0.15) is 38.3 Å². The fourth-order valence-electron chi connectivity index (χ4n) is 2.14. The van der Waals surface area contributed by atoms with Crippen molar-refractivity contribution in [2.75, 3.05) is 10.6 Å². The first kappa shape index (κ1) is 18.7. The zero-order chi connectivity index (χ0) is 18.4. The topological polar surface area (TPSA) is 50.4 Å². The zero-order valence-electron chi connectivity index (χ0n) is 14.5. The third kappa shape index (κ3) is 6.06. The predicted molar refractivity (Wildman–Crippen MR) is 95.0 cm³/mol. The monoisotopic (exact) mass is 348 g/mol. The van der Waals surface area contributed by atoms with E-state index in [-0.39, 0.29) is 5.56 Å². The third-order valence-electron chi connectivity index (χ3n) is 3.28. The van der Waals surface area contributed by atoms with E-state index < -0.39 is 18.1 Å². The molecule has 0 aliphatic rings. The minimum absolute atomic E-state index is 0.00394. The van der Waals surface area contributed by atoms with Crippen LogP contribution < -0.4 is 10.6 Å². The van der Waals surface area contributed by atoms with Crippen molar-refractivity contribution in [1.82, 2.24) is 0 Å². The summed E-state index contributed by atoms with van der Waals surface area (Å²) in [7, 11) is 0. The van der Waals surface area contributed by atoms with Gasteiger partial charge in [-0.25, -0.2) is 13.6 Å². The number of amides is 1. The molecule has 0 atom stereocenters. The molecule has 0 fully saturated rings. The smallest absolute Gasteiger partial charge is 0.412 e. The maximum atomic E-state index is 12.6. The van der Waals surface area contributed by atoms with Crippen LogP contribution in [-0.2, 0) is 11.3 Å². The van der Waals surface area contributed by atoms with Gasteiger partial charge in [-0.3, -0.25) is 5.32 Å². The van der Waals surface area contributed by atoms with Gasteiger partial charge in [-0.2, -0.15) is 0 Å². The van der Waals surface area contributed by atoms with Crippen LogP contribution in [0.5, 0.6) is 0 Å². The standard InChI is InChI=1S/C19H22F2N2O2/c1-19(2,3)25-18(24)23-16-7-5-4-6-15(16)22-12-13-8-10-14(11-9-13)17(20)21/h4-11,17,22H,12H2,1-3H3,(H,23,24). The molecule has 134 valence electrons. The molecule has 4 nitrogen and oxygen atoms in total. The van der Waals surface area contributed by atoms with Crippen molar-refractivity contribution in [1.29, 1.82) is 0 Å². The van der Waals surface area contributed by atoms with Crippen LogP contribution >= 0.6 is 0 Å². The lowest BCUT2D eigenvalue weighted by atomic mass is 10.1. The molecule has 2 rings (SSSR count). The maximum absolute atomic E-state index is 12.6. The van der Waals surface area contributed by atoms with Gasteiger partial charge in [-0.15, -0.1) is 0 Å². The number of benzene rings is 2. The molecule has 0 bridgehead atoms. The van der Waals surface area contributed by atoms with Crippen molar-refractivity contribution in [2.45, 2.75) is 39.3 Å². The van der Waals surface area contributed by atoms with E-state index in [4.69, 9.17) is 4.74 Å². The van der Waals surface area contributed by atoms with Crippen molar-refractivity contribution >= 4 is 17.5 Å². The number of carbonyl (C=O) groups excluding carboxylic acids is 1. The van der Waals surface area contributed by atoms with Gasteiger partial charge in [-0.05, 0) is 38.5 Å². The first-order valence-corrected chi connectivity index (χ1v) is 7.94. The van der Waals surface area contributed by atoms with Crippen LogP contribution in [0.15, 0.2) is 48.5 Å². The molecule has 6 heteroatoms. The molecule has 0 heterocycles. The number of nitrogens with one attached hydrogen (secondary N) is 2. The largest absolute Gasteiger partial charge is 0.444 e. The summed E-state index contributed by atoms with van der Waals surface area (Å²) in [6, 6.07) is 13.3. The lowest BCUT2D eigenvalue weighted by molar-refractivity contribution is 0.0636. The lowest BCUT2D eigenvalue weighted by Gasteiger charge is -2.20. The SMILES string of the molecule is CC(C)(C)OC(=O)Nc1ccccc1NCc1ccc(C(F)F)cc1. The molecule has 0 aliphatic carbocycles. The van der Waals surface area contributed by atoms with Crippen LogP contribution in [0.25, 0.3) is 0 Å². The van der Waals surface area contributed by atoms with Gasteiger partial charge in [0.05, 0.1) is 11.4 Å². The van der Waals surface area contributed by atoms with Gasteiger partial charge in [0.1, 0.15) is 5.60 Å². The Morgan fingerprint density at radius 1 is 1.04 bits per heavy atom. The molecule has 0 saturated carbocycles. The Morgan fingerprint density at radius 3 is 2.20 bits per heavy atom. The second-order valence-electron chi connectivity index (χ2n) is 6.57. The Kier molecular flexibility index (Phi) is 5.96. The minimum Gasteiger partial charge on any atom is -0.444 e. The van der Waals surface area contributed by atoms with Crippen LogP contribution in [0.4, 0.5) is 25.0 Å². The van der Waals surface area contributed by atoms with E-state index in [9.17, 15) is 13.6 Å². The molecule has 0 unspecified atom stereocenters. The molecule has 0 saturated heterocycles. The number of carbonyl (C=O) groups is 1. The third-order valence-corrected chi connectivity index (χ3v) is 3.28. The van der Waals surface area contributed by atoms with Crippen molar-refractivity contribution in [3.05, 3.63) is 59.7 Å². The van der Waals surface area contributed by atoms with Crippen LogP contribution in [-0.4, -0.2) is 11.7 Å². The number of para-hydroxylation sites is 2. The molecular formula is C19H22F2N2O2. The second kappa shape index (κ2) is 7.96. The van der Waals surface area contributed by atoms with Gasteiger partial charge in [0.15, 0.2) is 0 Å². The zero-order valence-corrected chi connectivity index (χ0v) is 14.5. The molecule has 25 heavy (non-hydrogen) atoms. The number of rotatable bonds is 5. The molecule has 2 aromatic rings. The van der Waals surface area contributed by atoms with Gasteiger partial charge in [0, 0.05) is 12.1 Å². The maximum Gasteiger partial charge on any atom is 0.412 e. The molecule has 0 aliphatic heterocycles. The highest BCUT2D eigenvalue weighted by Crippen LogP contribution is 2.23. The fraction of sp³-hybridized carbons (Fsp3) is 0.316. The van der Waals surface area contributed by atoms with E-state index in [2.05, 4.69) is 10.6 Å². The number of alkyl halides is 2. The normalized spacial score (nSPS) is 11.3. The van der Waals surface area contributed by atoms with Gasteiger partial charge in [0.2, 0.25) is 0 Å². The highest BCUT2D eigenvalue weighted by Gasteiger charge is 2.17. The van der Waals surface area contributed by atoms with E-state index in [1.165, 1.54) is 12.1 Å². The summed E-state index contributed by atoms with van der Waals surface area (Å²) in [5, 5.41) is 5.89. The van der Waals surface area contributed by atoms with Crippen molar-refractivity contribution in [3.8, 4) is 0 Å². The fourth-order valence-corrected chi connectivity index (χ4v) is 2.14. The number of halogens is 2. The van der Waals surface area contributed by atoms with Gasteiger partial charge < -0.3 is 10.1 Å². The molecule has 2 aromatic carbocycles. The van der Waals surface area contributed by atoms with Crippen molar-refractivity contribution < 1.29 is 18.3 Å². The molecule has 2 N–H and O–H groups in total. The number of ether oxygens (including phenoxy) is 1. The van der Waals surface area contributed by atoms with E-state index in [0.29, 0.717) is 17.9 Å². The van der Waals surface area contributed by atoms with Gasteiger partial charge >= 0.3 is 6.09 Å². The Bertz CT molecular complexity index is 710. The molecule has 1 amide bonds. The van der Waals surface area contributed by atoms with E-state index >= 15 is 0 Å². The van der Waals surface area contributed by atoms with E-state index in [1.54, 1.807) is 45.0 Å². The summed E-state index contributed by atoms with van der Waals surface area (Å²) in [6.45, 7) is 5.82. The van der Waals surface area contributed by atoms with Gasteiger partial charge in [-0.1, -0.05) is 36.4 Å². The highest BCUT2D eigenvalue weighted by atomic mass is 19.3. The van der Waals surface area contributed by atoms with Crippen LogP contribution in [0.2, 0.25) is 0 Å². The average Bonchev–Trinajstić information content (AvgIpc) is 2.52. The van der Waals surface area contributed by atoms with Crippen molar-refractivity contribution in [3.63, 3.8) is 0 Å². The number of hydrogen-bond donors (Lipinski definition) is 2. The molecule has 0 spiro atoms. The number of hydrogen-bond acceptors (Lipinski definition) is 3.